The molecule has 3 N–H and O–H groups in total. The van der Waals surface area contributed by atoms with Crippen molar-refractivity contribution in [3.05, 3.63) is 113 Å². The summed E-state index contributed by atoms with van der Waals surface area (Å²) in [6, 6.07) is 22.3. The fraction of sp³-hybridized carbons (Fsp3) is 0.167. The number of aryl methyl sites for hydroxylation is 2. The van der Waals surface area contributed by atoms with E-state index in [4.69, 9.17) is 4.74 Å². The highest BCUT2D eigenvalue weighted by atomic mass is 16.5. The van der Waals surface area contributed by atoms with Crippen LogP contribution in [0.5, 0.6) is 5.75 Å². The molecule has 5 rings (SSSR count). The van der Waals surface area contributed by atoms with Gasteiger partial charge >= 0.3 is 0 Å². The van der Waals surface area contributed by atoms with E-state index in [0.29, 0.717) is 39.8 Å². The van der Waals surface area contributed by atoms with Gasteiger partial charge in [-0.05, 0) is 56.2 Å². The Balaban J connectivity index is 1.54. The molecule has 4 aromatic rings. The molecule has 2 amide bonds. The molecule has 8 nitrogen and oxygen atoms in total. The Morgan fingerprint density at radius 2 is 1.66 bits per heavy atom. The molecule has 1 aliphatic rings. The number of carbonyl (C=O) groups is 2. The zero-order chi connectivity index (χ0) is 26.8. The van der Waals surface area contributed by atoms with Crippen molar-refractivity contribution in [3.63, 3.8) is 0 Å². The molecule has 1 atom stereocenters. The topological polar surface area (TPSA) is 97.3 Å². The van der Waals surface area contributed by atoms with Crippen LogP contribution in [-0.4, -0.2) is 28.7 Å². The Morgan fingerprint density at radius 1 is 0.895 bits per heavy atom. The molecule has 192 valence electrons. The highest BCUT2D eigenvalue weighted by Gasteiger charge is 2.35. The third kappa shape index (κ3) is 4.76. The summed E-state index contributed by atoms with van der Waals surface area (Å²) >= 11 is 0. The lowest BCUT2D eigenvalue weighted by Gasteiger charge is -2.30. The minimum absolute atomic E-state index is 0.290. The Kier molecular flexibility index (Phi) is 6.70. The van der Waals surface area contributed by atoms with E-state index in [-0.39, 0.29) is 11.8 Å². The normalized spacial score (nSPS) is 14.4. The molecule has 1 aromatic heterocycles. The van der Waals surface area contributed by atoms with E-state index in [2.05, 4.69) is 21.0 Å². The molecule has 1 unspecified atom stereocenters. The third-order valence-electron chi connectivity index (χ3n) is 6.54. The molecule has 38 heavy (non-hydrogen) atoms. The van der Waals surface area contributed by atoms with Crippen molar-refractivity contribution in [2.45, 2.75) is 26.8 Å². The lowest BCUT2D eigenvalue weighted by Crippen LogP contribution is -2.32. The fourth-order valence-electron chi connectivity index (χ4n) is 4.63. The molecule has 8 heteroatoms. The van der Waals surface area contributed by atoms with Gasteiger partial charge in [0.05, 0.1) is 24.6 Å². The maximum Gasteiger partial charge on any atom is 0.261 e. The first-order chi connectivity index (χ1) is 18.4. The first kappa shape index (κ1) is 24.8. The number of amides is 2. The maximum absolute atomic E-state index is 13.7. The fourth-order valence-corrected chi connectivity index (χ4v) is 4.63. The van der Waals surface area contributed by atoms with Crippen LogP contribution in [0.4, 0.5) is 17.2 Å². The van der Waals surface area contributed by atoms with Gasteiger partial charge in [-0.2, -0.15) is 5.10 Å². The van der Waals surface area contributed by atoms with Gasteiger partial charge in [0.1, 0.15) is 23.2 Å². The SMILES string of the molecule is COc1ccccc1NC(=O)C1=C(C)Nc2c(C(=O)Nc3cccc(C)c3)cnn2C1c1ccc(C)cc1. The van der Waals surface area contributed by atoms with E-state index in [1.807, 2.05) is 81.4 Å². The van der Waals surface area contributed by atoms with Crippen LogP contribution in [0.15, 0.2) is 90.3 Å². The summed E-state index contributed by atoms with van der Waals surface area (Å²) in [5.41, 5.74) is 5.77. The standard InChI is InChI=1S/C30H29N5O3/c1-18-12-14-21(15-13-18)27-26(30(37)34-24-10-5-6-11-25(24)38-4)20(3)32-28-23(17-31-35(27)28)29(36)33-22-9-7-8-19(2)16-22/h5-17,27,32H,1-4H3,(H,33,36)(H,34,37). The highest BCUT2D eigenvalue weighted by molar-refractivity contribution is 6.09. The van der Waals surface area contributed by atoms with Gasteiger partial charge in [-0.25, -0.2) is 4.68 Å². The van der Waals surface area contributed by atoms with Crippen molar-refractivity contribution in [2.24, 2.45) is 0 Å². The van der Waals surface area contributed by atoms with Crippen LogP contribution in [0.3, 0.4) is 0 Å². The van der Waals surface area contributed by atoms with Crippen molar-refractivity contribution < 1.29 is 14.3 Å². The summed E-state index contributed by atoms with van der Waals surface area (Å²) in [7, 11) is 1.56. The lowest BCUT2D eigenvalue weighted by atomic mass is 9.94. The van der Waals surface area contributed by atoms with Crippen molar-refractivity contribution in [3.8, 4) is 5.75 Å². The number of ether oxygens (including phenoxy) is 1. The molecule has 0 radical (unpaired) electrons. The average Bonchev–Trinajstić information content (AvgIpc) is 3.32. The molecular formula is C30H29N5O3. The summed E-state index contributed by atoms with van der Waals surface area (Å²) in [5.74, 6) is 0.496. The maximum atomic E-state index is 13.7. The molecular weight excluding hydrogens is 478 g/mol. The number of allylic oxidation sites excluding steroid dienone is 1. The Morgan fingerprint density at radius 3 is 2.39 bits per heavy atom. The number of methoxy groups -OCH3 is 1. The van der Waals surface area contributed by atoms with Crippen LogP contribution in [-0.2, 0) is 4.79 Å². The van der Waals surface area contributed by atoms with E-state index >= 15 is 0 Å². The largest absolute Gasteiger partial charge is 0.495 e. The second kappa shape index (κ2) is 10.3. The molecule has 0 saturated heterocycles. The van der Waals surface area contributed by atoms with Gasteiger partial charge in [0, 0.05) is 11.4 Å². The van der Waals surface area contributed by atoms with Crippen molar-refractivity contribution in [1.29, 1.82) is 0 Å². The number of para-hydroxylation sites is 2. The van der Waals surface area contributed by atoms with Crippen LogP contribution < -0.4 is 20.7 Å². The first-order valence-corrected chi connectivity index (χ1v) is 12.3. The third-order valence-corrected chi connectivity index (χ3v) is 6.54. The van der Waals surface area contributed by atoms with Gasteiger partial charge in [-0.1, -0.05) is 54.1 Å². The van der Waals surface area contributed by atoms with Gasteiger partial charge in [-0.15, -0.1) is 0 Å². The number of aromatic nitrogens is 2. The summed E-state index contributed by atoms with van der Waals surface area (Å²) in [6.07, 6.45) is 1.53. The van der Waals surface area contributed by atoms with Gasteiger partial charge in [-0.3, -0.25) is 9.59 Å². The number of hydrogen-bond donors (Lipinski definition) is 3. The summed E-state index contributed by atoms with van der Waals surface area (Å²) in [5, 5.41) is 13.8. The Labute approximate surface area is 221 Å². The summed E-state index contributed by atoms with van der Waals surface area (Å²) in [4.78, 5) is 27.0. The van der Waals surface area contributed by atoms with Crippen LogP contribution >= 0.6 is 0 Å². The number of anilines is 3. The van der Waals surface area contributed by atoms with Crippen LogP contribution in [0.2, 0.25) is 0 Å². The van der Waals surface area contributed by atoms with Crippen LogP contribution in [0.1, 0.15) is 40.0 Å². The van der Waals surface area contributed by atoms with Crippen molar-refractivity contribution in [1.82, 2.24) is 9.78 Å². The number of hydrogen-bond acceptors (Lipinski definition) is 5. The number of carbonyl (C=O) groups excluding carboxylic acids is 2. The number of rotatable bonds is 6. The number of fused-ring (bicyclic) bond motifs is 1. The highest BCUT2D eigenvalue weighted by Crippen LogP contribution is 2.38. The van der Waals surface area contributed by atoms with E-state index in [0.717, 1.165) is 16.7 Å². The molecule has 0 saturated carbocycles. The molecule has 3 aromatic carbocycles. The molecule has 0 fully saturated rings. The predicted molar refractivity (Wildman–Crippen MR) is 149 cm³/mol. The monoisotopic (exact) mass is 507 g/mol. The Hall–Kier alpha value is -4.85. The van der Waals surface area contributed by atoms with Gasteiger partial charge < -0.3 is 20.7 Å². The van der Waals surface area contributed by atoms with E-state index in [1.54, 1.807) is 23.9 Å². The minimum Gasteiger partial charge on any atom is -0.495 e. The quantitative estimate of drug-likeness (QED) is 0.312. The number of nitrogens with zero attached hydrogens (tertiary/aromatic N) is 2. The molecule has 1 aliphatic heterocycles. The number of benzene rings is 3. The Bertz CT molecular complexity index is 1550. The second-order valence-electron chi connectivity index (χ2n) is 9.31. The average molecular weight is 508 g/mol. The number of nitrogens with one attached hydrogen (secondary N) is 3. The van der Waals surface area contributed by atoms with E-state index in [9.17, 15) is 9.59 Å². The van der Waals surface area contributed by atoms with Crippen molar-refractivity contribution >= 4 is 29.0 Å². The van der Waals surface area contributed by atoms with Crippen LogP contribution in [0, 0.1) is 13.8 Å². The molecule has 0 aliphatic carbocycles. The second-order valence-corrected chi connectivity index (χ2v) is 9.31. The summed E-state index contributed by atoms with van der Waals surface area (Å²) < 4.78 is 7.11. The smallest absolute Gasteiger partial charge is 0.261 e. The van der Waals surface area contributed by atoms with Crippen LogP contribution in [0.25, 0.3) is 0 Å². The van der Waals surface area contributed by atoms with E-state index in [1.165, 1.54) is 6.20 Å². The molecule has 2 heterocycles. The van der Waals surface area contributed by atoms with Crippen molar-refractivity contribution in [2.75, 3.05) is 23.1 Å². The zero-order valence-corrected chi connectivity index (χ0v) is 21.7. The van der Waals surface area contributed by atoms with Gasteiger partial charge in [0.15, 0.2) is 0 Å². The molecule has 0 bridgehead atoms. The molecule has 0 spiro atoms. The first-order valence-electron chi connectivity index (χ1n) is 12.3. The summed E-state index contributed by atoms with van der Waals surface area (Å²) in [6.45, 7) is 5.81. The predicted octanol–water partition coefficient (Wildman–Crippen LogP) is 5.69. The van der Waals surface area contributed by atoms with Gasteiger partial charge in [0.2, 0.25) is 0 Å². The zero-order valence-electron chi connectivity index (χ0n) is 21.7. The lowest BCUT2D eigenvalue weighted by molar-refractivity contribution is -0.113. The van der Waals surface area contributed by atoms with E-state index < -0.39 is 6.04 Å². The van der Waals surface area contributed by atoms with Gasteiger partial charge in [0.25, 0.3) is 11.8 Å². The minimum atomic E-state index is -0.554.